The topological polar surface area (TPSA) is 62.7 Å². The second kappa shape index (κ2) is 5.00. The molecule has 2 heterocycles. The second-order valence-corrected chi connectivity index (χ2v) is 5.49. The van der Waals surface area contributed by atoms with Crippen LogP contribution in [0.5, 0.6) is 0 Å². The molecule has 5 nitrogen and oxygen atoms in total. The van der Waals surface area contributed by atoms with Gasteiger partial charge < -0.3 is 14.7 Å². The SMILES string of the molecule is CCC1(O)CN(c2ccc3nccc(C(=O)OC)c3c2)C1. The number of esters is 1. The van der Waals surface area contributed by atoms with E-state index in [9.17, 15) is 9.90 Å². The summed E-state index contributed by atoms with van der Waals surface area (Å²) in [5, 5.41) is 10.9. The van der Waals surface area contributed by atoms with Gasteiger partial charge in [0.2, 0.25) is 0 Å². The van der Waals surface area contributed by atoms with E-state index >= 15 is 0 Å². The van der Waals surface area contributed by atoms with Crippen molar-refractivity contribution in [3.8, 4) is 0 Å². The number of hydrogen-bond donors (Lipinski definition) is 1. The summed E-state index contributed by atoms with van der Waals surface area (Å²) in [6, 6.07) is 7.45. The smallest absolute Gasteiger partial charge is 0.338 e. The first-order chi connectivity index (χ1) is 10.1. The summed E-state index contributed by atoms with van der Waals surface area (Å²) in [7, 11) is 1.37. The maximum absolute atomic E-state index is 11.8. The van der Waals surface area contributed by atoms with Crippen LogP contribution in [0.1, 0.15) is 23.7 Å². The molecule has 0 spiro atoms. The van der Waals surface area contributed by atoms with Crippen LogP contribution < -0.4 is 4.90 Å². The van der Waals surface area contributed by atoms with Crippen LogP contribution in [0.4, 0.5) is 5.69 Å². The van der Waals surface area contributed by atoms with Gasteiger partial charge in [0.15, 0.2) is 0 Å². The lowest BCUT2D eigenvalue weighted by Crippen LogP contribution is -2.61. The maximum atomic E-state index is 11.8. The van der Waals surface area contributed by atoms with Gasteiger partial charge in [-0.25, -0.2) is 4.79 Å². The molecule has 1 fully saturated rings. The molecule has 1 aromatic carbocycles. The van der Waals surface area contributed by atoms with E-state index in [-0.39, 0.29) is 5.97 Å². The maximum Gasteiger partial charge on any atom is 0.338 e. The molecule has 1 saturated heterocycles. The van der Waals surface area contributed by atoms with Crippen molar-refractivity contribution in [2.45, 2.75) is 18.9 Å². The van der Waals surface area contributed by atoms with Crippen molar-refractivity contribution in [2.24, 2.45) is 0 Å². The molecule has 5 heteroatoms. The zero-order chi connectivity index (χ0) is 15.0. The van der Waals surface area contributed by atoms with E-state index < -0.39 is 5.60 Å². The van der Waals surface area contributed by atoms with Crippen molar-refractivity contribution in [2.75, 3.05) is 25.1 Å². The largest absolute Gasteiger partial charge is 0.465 e. The third-order valence-electron chi connectivity index (χ3n) is 4.12. The van der Waals surface area contributed by atoms with E-state index in [2.05, 4.69) is 9.88 Å². The van der Waals surface area contributed by atoms with Gasteiger partial charge in [0.05, 0.1) is 23.8 Å². The fourth-order valence-electron chi connectivity index (χ4n) is 2.69. The Morgan fingerprint density at radius 1 is 1.43 bits per heavy atom. The number of ether oxygens (including phenoxy) is 1. The van der Waals surface area contributed by atoms with Gasteiger partial charge in [-0.3, -0.25) is 4.98 Å². The van der Waals surface area contributed by atoms with Crippen molar-refractivity contribution in [1.82, 2.24) is 4.98 Å². The molecule has 1 aliphatic heterocycles. The first-order valence-corrected chi connectivity index (χ1v) is 7.01. The summed E-state index contributed by atoms with van der Waals surface area (Å²) in [6.07, 6.45) is 2.35. The Kier molecular flexibility index (Phi) is 3.29. The summed E-state index contributed by atoms with van der Waals surface area (Å²) >= 11 is 0. The number of rotatable bonds is 3. The Bertz CT molecular complexity index is 693. The number of hydrogen-bond acceptors (Lipinski definition) is 5. The normalized spacial score (nSPS) is 16.6. The molecular formula is C16H18N2O3. The number of benzene rings is 1. The standard InChI is InChI=1S/C16H18N2O3/c1-3-16(20)9-18(10-16)11-4-5-14-13(8-11)12(6-7-17-14)15(19)21-2/h4-8,20H,3,9-10H2,1-2H3. The number of carbonyl (C=O) groups excluding carboxylic acids is 1. The highest BCUT2D eigenvalue weighted by atomic mass is 16.5. The summed E-state index contributed by atoms with van der Waals surface area (Å²) in [5.74, 6) is -0.367. The van der Waals surface area contributed by atoms with E-state index in [1.807, 2.05) is 25.1 Å². The zero-order valence-electron chi connectivity index (χ0n) is 12.2. The first kappa shape index (κ1) is 13.8. The average Bonchev–Trinajstić information content (AvgIpc) is 2.50. The highest BCUT2D eigenvalue weighted by Gasteiger charge is 2.39. The van der Waals surface area contributed by atoms with E-state index in [1.54, 1.807) is 12.3 Å². The molecule has 0 atom stereocenters. The number of fused-ring (bicyclic) bond motifs is 1. The van der Waals surface area contributed by atoms with Crippen LogP contribution in [0.15, 0.2) is 30.5 Å². The zero-order valence-corrected chi connectivity index (χ0v) is 12.2. The van der Waals surface area contributed by atoms with Crippen molar-refractivity contribution in [3.05, 3.63) is 36.0 Å². The van der Waals surface area contributed by atoms with Crippen molar-refractivity contribution in [1.29, 1.82) is 0 Å². The van der Waals surface area contributed by atoms with Crippen LogP contribution in [0.3, 0.4) is 0 Å². The Morgan fingerprint density at radius 3 is 2.86 bits per heavy atom. The highest BCUT2D eigenvalue weighted by Crippen LogP contribution is 2.32. The molecule has 0 aliphatic carbocycles. The lowest BCUT2D eigenvalue weighted by atomic mass is 9.90. The molecule has 2 aromatic rings. The number of aromatic nitrogens is 1. The van der Waals surface area contributed by atoms with Gasteiger partial charge in [0.25, 0.3) is 0 Å². The van der Waals surface area contributed by atoms with Gasteiger partial charge in [-0.2, -0.15) is 0 Å². The van der Waals surface area contributed by atoms with Gasteiger partial charge in [0.1, 0.15) is 0 Å². The molecule has 1 aromatic heterocycles. The Balaban J connectivity index is 1.98. The number of pyridine rings is 1. The van der Waals surface area contributed by atoms with Crippen molar-refractivity contribution < 1.29 is 14.6 Å². The van der Waals surface area contributed by atoms with Gasteiger partial charge in [-0.1, -0.05) is 6.92 Å². The molecule has 0 bridgehead atoms. The van der Waals surface area contributed by atoms with Gasteiger partial charge >= 0.3 is 5.97 Å². The molecule has 1 aliphatic rings. The number of β-amino-alcohol motifs (C(OH)–C–C–N with tert-alkyl or cyclic N) is 1. The fraction of sp³-hybridized carbons (Fsp3) is 0.375. The number of nitrogens with zero attached hydrogens (tertiary/aromatic N) is 2. The van der Waals surface area contributed by atoms with Gasteiger partial charge in [-0.05, 0) is 30.7 Å². The molecule has 21 heavy (non-hydrogen) atoms. The first-order valence-electron chi connectivity index (χ1n) is 7.01. The minimum Gasteiger partial charge on any atom is -0.465 e. The van der Waals surface area contributed by atoms with Crippen LogP contribution in [0, 0.1) is 0 Å². The minimum atomic E-state index is -0.588. The Hall–Kier alpha value is -2.14. The number of methoxy groups -OCH3 is 1. The van der Waals surface area contributed by atoms with E-state index in [1.165, 1.54) is 7.11 Å². The number of aliphatic hydroxyl groups is 1. The molecule has 0 amide bonds. The molecule has 0 saturated carbocycles. The monoisotopic (exact) mass is 286 g/mol. The lowest BCUT2D eigenvalue weighted by Gasteiger charge is -2.47. The fourth-order valence-corrected chi connectivity index (χ4v) is 2.69. The van der Waals surface area contributed by atoms with E-state index in [0.29, 0.717) is 18.7 Å². The third-order valence-corrected chi connectivity index (χ3v) is 4.12. The Morgan fingerprint density at radius 2 is 2.19 bits per heavy atom. The second-order valence-electron chi connectivity index (χ2n) is 5.49. The molecular weight excluding hydrogens is 268 g/mol. The van der Waals surface area contributed by atoms with Crippen LogP contribution in [0.25, 0.3) is 10.9 Å². The van der Waals surface area contributed by atoms with Crippen molar-refractivity contribution in [3.63, 3.8) is 0 Å². The van der Waals surface area contributed by atoms with Gasteiger partial charge in [0, 0.05) is 30.4 Å². The van der Waals surface area contributed by atoms with E-state index in [0.717, 1.165) is 23.0 Å². The van der Waals surface area contributed by atoms with Crippen LogP contribution in [-0.4, -0.2) is 41.9 Å². The quantitative estimate of drug-likeness (QED) is 0.874. The molecule has 3 rings (SSSR count). The predicted molar refractivity (Wildman–Crippen MR) is 80.5 cm³/mol. The van der Waals surface area contributed by atoms with Gasteiger partial charge in [-0.15, -0.1) is 0 Å². The lowest BCUT2D eigenvalue weighted by molar-refractivity contribution is 0.00853. The number of anilines is 1. The third kappa shape index (κ3) is 2.34. The van der Waals surface area contributed by atoms with Crippen molar-refractivity contribution >= 4 is 22.6 Å². The Labute approximate surface area is 123 Å². The summed E-state index contributed by atoms with van der Waals surface area (Å²) in [5.41, 5.74) is 1.66. The number of carbonyl (C=O) groups is 1. The summed E-state index contributed by atoms with van der Waals surface area (Å²) < 4.78 is 4.82. The van der Waals surface area contributed by atoms with E-state index in [4.69, 9.17) is 4.74 Å². The molecule has 0 radical (unpaired) electrons. The predicted octanol–water partition coefficient (Wildman–Crippen LogP) is 1.98. The minimum absolute atomic E-state index is 0.367. The summed E-state index contributed by atoms with van der Waals surface area (Å²) in [6.45, 7) is 3.21. The molecule has 110 valence electrons. The van der Waals surface area contributed by atoms with Crippen LogP contribution in [-0.2, 0) is 4.74 Å². The van der Waals surface area contributed by atoms with Crippen LogP contribution in [0.2, 0.25) is 0 Å². The average molecular weight is 286 g/mol. The summed E-state index contributed by atoms with van der Waals surface area (Å²) in [4.78, 5) is 18.2. The molecule has 0 unspecified atom stereocenters. The highest BCUT2D eigenvalue weighted by molar-refractivity contribution is 6.04. The molecule has 1 N–H and O–H groups in total. The van der Waals surface area contributed by atoms with Crippen LogP contribution >= 0.6 is 0 Å².